The lowest BCUT2D eigenvalue weighted by atomic mass is 10.2. The average molecular weight is 326 g/mol. The van der Waals surface area contributed by atoms with E-state index < -0.39 is 6.09 Å². The van der Waals surface area contributed by atoms with Gasteiger partial charge in [-0.15, -0.1) is 0 Å². The molecule has 24 heavy (non-hydrogen) atoms. The van der Waals surface area contributed by atoms with Crippen LogP contribution in [0.1, 0.15) is 18.9 Å². The third kappa shape index (κ3) is 5.43. The highest BCUT2D eigenvalue weighted by Gasteiger charge is 2.16. The van der Waals surface area contributed by atoms with Crippen LogP contribution in [0, 0.1) is 0 Å². The zero-order valence-corrected chi connectivity index (χ0v) is 13.9. The molecule has 0 fully saturated rings. The normalized spacial score (nSPS) is 11.4. The predicted octanol–water partition coefficient (Wildman–Crippen LogP) is 3.35. The number of carbonyl (C=O) groups excluding carboxylic acids is 2. The summed E-state index contributed by atoms with van der Waals surface area (Å²) in [6, 6.07) is 18.5. The van der Waals surface area contributed by atoms with Gasteiger partial charge in [0.05, 0.1) is 0 Å². The molecule has 0 aliphatic heterocycles. The van der Waals surface area contributed by atoms with Crippen LogP contribution >= 0.6 is 0 Å². The number of rotatable bonds is 6. The highest BCUT2D eigenvalue weighted by molar-refractivity contribution is 5.93. The molecule has 0 radical (unpaired) electrons. The van der Waals surface area contributed by atoms with E-state index in [1.54, 1.807) is 18.9 Å². The molecule has 0 aliphatic rings. The molecule has 5 nitrogen and oxygen atoms in total. The van der Waals surface area contributed by atoms with E-state index in [1.165, 1.54) is 0 Å². The average Bonchev–Trinajstić information content (AvgIpc) is 2.60. The molecule has 1 atom stereocenters. The maximum Gasteiger partial charge on any atom is 0.407 e. The monoisotopic (exact) mass is 326 g/mol. The van der Waals surface area contributed by atoms with Crippen molar-refractivity contribution in [3.8, 4) is 0 Å². The Morgan fingerprint density at radius 2 is 1.62 bits per heavy atom. The lowest BCUT2D eigenvalue weighted by Crippen LogP contribution is -2.38. The van der Waals surface area contributed by atoms with Crippen LogP contribution in [0.5, 0.6) is 0 Å². The Kier molecular flexibility index (Phi) is 6.37. The van der Waals surface area contributed by atoms with Gasteiger partial charge in [0.2, 0.25) is 5.91 Å². The minimum atomic E-state index is -0.526. The molecule has 0 aromatic heterocycles. The molecule has 0 heterocycles. The minimum absolute atomic E-state index is 0.0722. The maximum absolute atomic E-state index is 12.2. The number of amides is 2. The first kappa shape index (κ1) is 17.5. The molecule has 2 rings (SSSR count). The van der Waals surface area contributed by atoms with E-state index in [9.17, 15) is 9.59 Å². The van der Waals surface area contributed by atoms with Crippen LogP contribution in [0.4, 0.5) is 10.5 Å². The Labute approximate surface area is 142 Å². The SMILES string of the molecule is CC(CC(=O)N(C)c1ccccc1)NC(=O)OCc1ccccc1. The van der Waals surface area contributed by atoms with E-state index in [1.807, 2.05) is 60.7 Å². The summed E-state index contributed by atoms with van der Waals surface area (Å²) in [4.78, 5) is 25.6. The predicted molar refractivity (Wildman–Crippen MR) is 93.7 cm³/mol. The van der Waals surface area contributed by atoms with Crippen LogP contribution in [-0.4, -0.2) is 25.1 Å². The van der Waals surface area contributed by atoms with Gasteiger partial charge < -0.3 is 15.0 Å². The summed E-state index contributed by atoms with van der Waals surface area (Å²) in [5, 5.41) is 2.68. The molecule has 0 bridgehead atoms. The highest BCUT2D eigenvalue weighted by atomic mass is 16.5. The van der Waals surface area contributed by atoms with Crippen molar-refractivity contribution < 1.29 is 14.3 Å². The van der Waals surface area contributed by atoms with Gasteiger partial charge in [0.15, 0.2) is 0 Å². The topological polar surface area (TPSA) is 58.6 Å². The van der Waals surface area contributed by atoms with Crippen LogP contribution in [0.25, 0.3) is 0 Å². The van der Waals surface area contributed by atoms with Gasteiger partial charge in [-0.1, -0.05) is 48.5 Å². The number of hydrogen-bond acceptors (Lipinski definition) is 3. The highest BCUT2D eigenvalue weighted by Crippen LogP contribution is 2.12. The van der Waals surface area contributed by atoms with Gasteiger partial charge in [-0.25, -0.2) is 4.79 Å². The van der Waals surface area contributed by atoms with Gasteiger partial charge in [-0.3, -0.25) is 4.79 Å². The first-order chi connectivity index (χ1) is 11.6. The summed E-state index contributed by atoms with van der Waals surface area (Å²) in [5.41, 5.74) is 1.74. The molecule has 0 saturated heterocycles. The third-order valence-corrected chi connectivity index (χ3v) is 3.58. The molecule has 2 amide bonds. The summed E-state index contributed by atoms with van der Waals surface area (Å²) in [6.45, 7) is 1.98. The van der Waals surface area contributed by atoms with Gasteiger partial charge in [0.25, 0.3) is 0 Å². The molecule has 1 unspecified atom stereocenters. The second-order valence-corrected chi connectivity index (χ2v) is 5.60. The number of nitrogens with one attached hydrogen (secondary N) is 1. The molecule has 5 heteroatoms. The second-order valence-electron chi connectivity index (χ2n) is 5.60. The first-order valence-corrected chi connectivity index (χ1v) is 7.85. The zero-order valence-electron chi connectivity index (χ0n) is 13.9. The van der Waals surface area contributed by atoms with Crippen molar-refractivity contribution in [2.24, 2.45) is 0 Å². The number of hydrogen-bond donors (Lipinski definition) is 1. The number of anilines is 1. The quantitative estimate of drug-likeness (QED) is 0.885. The first-order valence-electron chi connectivity index (χ1n) is 7.85. The van der Waals surface area contributed by atoms with Gasteiger partial charge in [-0.2, -0.15) is 0 Å². The smallest absolute Gasteiger partial charge is 0.407 e. The molecule has 0 aliphatic carbocycles. The van der Waals surface area contributed by atoms with Gasteiger partial charge >= 0.3 is 6.09 Å². The Morgan fingerprint density at radius 1 is 1.04 bits per heavy atom. The van der Waals surface area contributed by atoms with Crippen LogP contribution < -0.4 is 10.2 Å². The third-order valence-electron chi connectivity index (χ3n) is 3.58. The van der Waals surface area contributed by atoms with Crippen molar-refractivity contribution in [2.75, 3.05) is 11.9 Å². The van der Waals surface area contributed by atoms with Crippen LogP contribution in [0.2, 0.25) is 0 Å². The fourth-order valence-corrected chi connectivity index (χ4v) is 2.21. The van der Waals surface area contributed by atoms with E-state index in [0.29, 0.717) is 0 Å². The van der Waals surface area contributed by atoms with Gasteiger partial charge in [0.1, 0.15) is 6.61 Å². The molecular weight excluding hydrogens is 304 g/mol. The molecule has 1 N–H and O–H groups in total. The largest absolute Gasteiger partial charge is 0.445 e. The fourth-order valence-electron chi connectivity index (χ4n) is 2.21. The number of para-hydroxylation sites is 1. The minimum Gasteiger partial charge on any atom is -0.445 e. The number of benzene rings is 2. The van der Waals surface area contributed by atoms with Crippen molar-refractivity contribution in [3.05, 3.63) is 66.2 Å². The van der Waals surface area contributed by atoms with Crippen molar-refractivity contribution in [1.82, 2.24) is 5.32 Å². The molecular formula is C19H22N2O3. The maximum atomic E-state index is 12.2. The summed E-state index contributed by atoms with van der Waals surface area (Å²) < 4.78 is 5.15. The molecule has 0 saturated carbocycles. The molecule has 0 spiro atoms. The summed E-state index contributed by atoms with van der Waals surface area (Å²) in [7, 11) is 1.72. The molecule has 2 aromatic rings. The zero-order chi connectivity index (χ0) is 17.4. The standard InChI is InChI=1S/C19H22N2O3/c1-15(13-18(22)21(2)17-11-7-4-8-12-17)20-19(23)24-14-16-9-5-3-6-10-16/h3-12,15H,13-14H2,1-2H3,(H,20,23). The number of alkyl carbamates (subject to hydrolysis) is 1. The second kappa shape index (κ2) is 8.72. The van der Waals surface area contributed by atoms with Crippen LogP contribution in [0.15, 0.2) is 60.7 Å². The fraction of sp³-hybridized carbons (Fsp3) is 0.263. The number of carbonyl (C=O) groups is 2. The Bertz CT molecular complexity index is 659. The van der Waals surface area contributed by atoms with E-state index in [-0.39, 0.29) is 25.0 Å². The summed E-state index contributed by atoms with van der Waals surface area (Å²) in [5.74, 6) is -0.0722. The van der Waals surface area contributed by atoms with Crippen LogP contribution in [-0.2, 0) is 16.1 Å². The summed E-state index contributed by atoms with van der Waals surface area (Å²) in [6.07, 6.45) is -0.326. The van der Waals surface area contributed by atoms with Crippen LogP contribution in [0.3, 0.4) is 0 Å². The lowest BCUT2D eigenvalue weighted by Gasteiger charge is -2.20. The van der Waals surface area contributed by atoms with E-state index in [0.717, 1.165) is 11.3 Å². The number of nitrogens with zero attached hydrogens (tertiary/aromatic N) is 1. The van der Waals surface area contributed by atoms with Gasteiger partial charge in [-0.05, 0) is 24.6 Å². The van der Waals surface area contributed by atoms with Crippen molar-refractivity contribution in [3.63, 3.8) is 0 Å². The van der Waals surface area contributed by atoms with Gasteiger partial charge in [0, 0.05) is 25.2 Å². The van der Waals surface area contributed by atoms with Crippen molar-refractivity contribution >= 4 is 17.7 Å². The van der Waals surface area contributed by atoms with E-state index >= 15 is 0 Å². The Balaban J connectivity index is 1.76. The lowest BCUT2D eigenvalue weighted by molar-refractivity contribution is -0.118. The Morgan fingerprint density at radius 3 is 2.25 bits per heavy atom. The molecule has 2 aromatic carbocycles. The van der Waals surface area contributed by atoms with Crippen molar-refractivity contribution in [2.45, 2.75) is 26.0 Å². The number of ether oxygens (including phenoxy) is 1. The summed E-state index contributed by atoms with van der Waals surface area (Å²) >= 11 is 0. The Hall–Kier alpha value is -2.82. The van der Waals surface area contributed by atoms with E-state index in [4.69, 9.17) is 4.74 Å². The van der Waals surface area contributed by atoms with E-state index in [2.05, 4.69) is 5.32 Å². The molecule has 126 valence electrons. The van der Waals surface area contributed by atoms with Crippen molar-refractivity contribution in [1.29, 1.82) is 0 Å².